The maximum atomic E-state index is 10.8. The first kappa shape index (κ1) is 41.9. The minimum atomic E-state index is -2.12. The molecule has 1 unspecified atom stereocenters. The number of carbonyl (C=O) groups excluding carboxylic acids is 1. The maximum Gasteiger partial charge on any atom is 0.248 e. The molecule has 336 valence electrons. The number of anilines is 2. The molecular weight excluding hydrogens is 831 g/mol. The Balaban J connectivity index is 0.000000253. The highest BCUT2D eigenvalue weighted by Gasteiger charge is 2.41. The highest BCUT2D eigenvalue weighted by atomic mass is 32.1. The third-order valence-electron chi connectivity index (χ3n) is 9.78. The summed E-state index contributed by atoms with van der Waals surface area (Å²) in [5.41, 5.74) is 13.3. The molecule has 1 amide bonds. The Labute approximate surface area is 375 Å². The van der Waals surface area contributed by atoms with Crippen LogP contribution in [0.5, 0.6) is 34.5 Å². The molecule has 2 aromatic heterocycles. The number of nitrogens with zero attached hydrogens (tertiary/aromatic N) is 3. The van der Waals surface area contributed by atoms with Gasteiger partial charge in [0, 0.05) is 52.0 Å². The van der Waals surface area contributed by atoms with Crippen LogP contribution in [0.4, 0.5) is 11.8 Å². The van der Waals surface area contributed by atoms with Crippen LogP contribution in [-0.2, 0) is 13.0 Å². The Morgan fingerprint density at radius 2 is 1.30 bits per heavy atom. The van der Waals surface area contributed by atoms with Crippen molar-refractivity contribution in [2.24, 2.45) is 17.4 Å². The molecule has 6 aromatic rings. The fourth-order valence-electron chi connectivity index (χ4n) is 6.44. The molecule has 4 atom stereocenters. The molecule has 17 nitrogen and oxygen atoms in total. The van der Waals surface area contributed by atoms with E-state index >= 15 is 0 Å². The first-order chi connectivity index (χ1) is 31.8. The average molecular weight is 890 g/mol. The molecule has 1 fully saturated rings. The fourth-order valence-corrected chi connectivity index (χ4v) is 7.50. The van der Waals surface area contributed by atoms with Gasteiger partial charge >= 0.3 is 0 Å². The Morgan fingerprint density at radius 3 is 1.78 bits per heavy atom. The number of ether oxygens (including phenoxy) is 6. The van der Waals surface area contributed by atoms with Crippen LogP contribution in [0.1, 0.15) is 39.1 Å². The molecule has 18 heteroatoms. The van der Waals surface area contributed by atoms with Crippen LogP contribution in [0.15, 0.2) is 78.9 Å². The van der Waals surface area contributed by atoms with Crippen molar-refractivity contribution in [2.75, 3.05) is 59.9 Å². The zero-order valence-electron chi connectivity index (χ0n) is 39.8. The van der Waals surface area contributed by atoms with Gasteiger partial charge in [0.25, 0.3) is 0 Å². The van der Waals surface area contributed by atoms with E-state index in [1.807, 2.05) is 24.3 Å². The van der Waals surface area contributed by atoms with Crippen LogP contribution in [0.25, 0.3) is 20.8 Å². The molecule has 1 aliphatic carbocycles. The van der Waals surface area contributed by atoms with Gasteiger partial charge in [0.1, 0.15) is 51.4 Å². The van der Waals surface area contributed by atoms with E-state index in [1.165, 1.54) is 54.0 Å². The Hall–Kier alpha value is -6.44. The molecule has 0 spiro atoms. The predicted octanol–water partition coefficient (Wildman–Crippen LogP) is 5.17. The molecule has 4 aromatic carbocycles. The van der Waals surface area contributed by atoms with Crippen molar-refractivity contribution < 1.29 is 54.0 Å². The highest BCUT2D eigenvalue weighted by molar-refractivity contribution is 7.21. The number of aliphatic hydroxyl groups is 3. The number of carbonyl (C=O) groups is 1. The highest BCUT2D eigenvalue weighted by Crippen LogP contribution is 2.38. The zero-order chi connectivity index (χ0) is 49.2. The number of aryl methyl sites for hydroxylation is 1. The number of benzene rings is 4. The van der Waals surface area contributed by atoms with Crippen molar-refractivity contribution in [3.05, 3.63) is 101 Å². The summed E-state index contributed by atoms with van der Waals surface area (Å²) in [7, 11) is 9.01. The standard InChI is InChI=1S/C27H31N5O5S.C9H11NO3.C9H13NO2/c1-14-22(26-31-19-6-4-5-7-21(19)38-26)25(30-20-10-16(13-33)23(34)24(20)35)32-27(29-14)28-12-15-8-17(36-2)11-18(9-15)37-3;1-12-7-3-6(9(10)11)4-8(5-7)13-2;1-11-8-3-7(6-10)4-9(5-8)12-2/h4-9,11,16,20,23-24,33-35H,10,12-13H2,1-3H3,(H2,28,29,30,32);3-5H,1-2H3,(H2,10,11);3-5H,6,10H2,1-2H3/t16-,20?,23-,24+;;/m1../s1/i12D2;;6D2. The number of hydrogen-bond acceptors (Lipinski definition) is 17. The Kier molecular flexibility index (Phi) is 15.0. The lowest BCUT2D eigenvalue weighted by molar-refractivity contribution is 0.00446. The van der Waals surface area contributed by atoms with Gasteiger partial charge in [0.05, 0.1) is 79.0 Å². The number of nitrogens with two attached hydrogens (primary N) is 2. The summed E-state index contributed by atoms with van der Waals surface area (Å²) >= 11 is 1.46. The van der Waals surface area contributed by atoms with Gasteiger partial charge in [-0.05, 0) is 73.0 Å². The Morgan fingerprint density at radius 1 is 0.778 bits per heavy atom. The van der Waals surface area contributed by atoms with Gasteiger partial charge in [-0.3, -0.25) is 4.79 Å². The lowest BCUT2D eigenvalue weighted by Gasteiger charge is -2.21. The minimum Gasteiger partial charge on any atom is -0.497 e. The van der Waals surface area contributed by atoms with Gasteiger partial charge in [0.15, 0.2) is 0 Å². The quantitative estimate of drug-likeness (QED) is 0.0703. The minimum absolute atomic E-state index is 0.00314. The van der Waals surface area contributed by atoms with E-state index in [0.29, 0.717) is 74.1 Å². The molecule has 0 aliphatic heterocycles. The van der Waals surface area contributed by atoms with Gasteiger partial charge in [-0.25, -0.2) is 9.97 Å². The molecule has 7 rings (SSSR count). The van der Waals surface area contributed by atoms with Gasteiger partial charge in [-0.2, -0.15) is 4.98 Å². The molecule has 2 heterocycles. The number of hydrogen-bond donors (Lipinski definition) is 7. The molecule has 63 heavy (non-hydrogen) atoms. The molecule has 1 saturated carbocycles. The third kappa shape index (κ3) is 12.4. The van der Waals surface area contributed by atoms with Crippen LogP contribution in [-0.4, -0.2) is 104 Å². The van der Waals surface area contributed by atoms with Crippen molar-refractivity contribution in [1.29, 1.82) is 0 Å². The smallest absolute Gasteiger partial charge is 0.248 e. The summed E-state index contributed by atoms with van der Waals surface area (Å²) in [4.78, 5) is 24.8. The van der Waals surface area contributed by atoms with Crippen molar-refractivity contribution in [3.63, 3.8) is 0 Å². The number of methoxy groups -OCH3 is 6. The normalized spacial score (nSPS) is 17.8. The van der Waals surface area contributed by atoms with Crippen LogP contribution >= 0.6 is 11.3 Å². The lowest BCUT2D eigenvalue weighted by Crippen LogP contribution is -2.35. The van der Waals surface area contributed by atoms with E-state index in [4.69, 9.17) is 50.4 Å². The number of para-hydroxylation sites is 1. The number of thiazole rings is 1. The summed E-state index contributed by atoms with van der Waals surface area (Å²) in [6, 6.07) is 21.4. The second-order valence-corrected chi connectivity index (χ2v) is 14.8. The molecule has 0 radical (unpaired) electrons. The summed E-state index contributed by atoms with van der Waals surface area (Å²) in [6.07, 6.45) is -1.91. The van der Waals surface area contributed by atoms with E-state index in [0.717, 1.165) is 10.2 Å². The number of amides is 1. The van der Waals surface area contributed by atoms with Gasteiger partial charge in [0.2, 0.25) is 11.9 Å². The molecule has 1 aliphatic rings. The first-order valence-corrected chi connectivity index (χ1v) is 20.1. The Bertz CT molecular complexity index is 2540. The van der Waals surface area contributed by atoms with Crippen LogP contribution in [0, 0.1) is 12.8 Å². The fraction of sp³-hybridized carbons (Fsp3) is 0.333. The zero-order valence-corrected chi connectivity index (χ0v) is 36.6. The van der Waals surface area contributed by atoms with E-state index < -0.39 is 43.1 Å². The number of fused-ring (bicyclic) bond motifs is 1. The van der Waals surface area contributed by atoms with Gasteiger partial charge < -0.3 is 65.8 Å². The van der Waals surface area contributed by atoms with E-state index in [1.54, 1.807) is 61.5 Å². The number of aliphatic hydroxyl groups excluding tert-OH is 3. The summed E-state index contributed by atoms with van der Waals surface area (Å²) in [5, 5.41) is 37.4. The molecule has 0 bridgehead atoms. The lowest BCUT2D eigenvalue weighted by atomic mass is 10.1. The molecule has 9 N–H and O–H groups in total. The van der Waals surface area contributed by atoms with Crippen molar-refractivity contribution in [3.8, 4) is 45.1 Å². The van der Waals surface area contributed by atoms with Gasteiger partial charge in [-0.1, -0.05) is 12.1 Å². The van der Waals surface area contributed by atoms with E-state index in [2.05, 4.69) is 20.6 Å². The molecular formula is C45H55N7O10S. The second kappa shape index (κ2) is 22.6. The largest absolute Gasteiger partial charge is 0.497 e. The maximum absolute atomic E-state index is 10.8. The summed E-state index contributed by atoms with van der Waals surface area (Å²) in [6.45, 7) is -2.49. The number of primary amides is 1. The van der Waals surface area contributed by atoms with E-state index in [9.17, 15) is 20.1 Å². The first-order valence-electron chi connectivity index (χ1n) is 21.3. The summed E-state index contributed by atoms with van der Waals surface area (Å²) in [5.74, 6) is 2.33. The van der Waals surface area contributed by atoms with Crippen LogP contribution < -0.4 is 50.5 Å². The predicted molar refractivity (Wildman–Crippen MR) is 242 cm³/mol. The van der Waals surface area contributed by atoms with Crippen molar-refractivity contribution >= 4 is 39.2 Å². The van der Waals surface area contributed by atoms with Crippen LogP contribution in [0.3, 0.4) is 0 Å². The summed E-state index contributed by atoms with van der Waals surface area (Å²) < 4.78 is 63.7. The number of aromatic nitrogens is 3. The molecule has 0 saturated heterocycles. The van der Waals surface area contributed by atoms with E-state index in [-0.39, 0.29) is 18.1 Å². The van der Waals surface area contributed by atoms with Crippen molar-refractivity contribution in [1.82, 2.24) is 15.0 Å². The van der Waals surface area contributed by atoms with Gasteiger partial charge in [-0.15, -0.1) is 11.3 Å². The van der Waals surface area contributed by atoms with Crippen molar-refractivity contribution in [2.45, 2.75) is 44.6 Å². The van der Waals surface area contributed by atoms with Crippen LogP contribution in [0.2, 0.25) is 0 Å². The topological polar surface area (TPSA) is 248 Å². The average Bonchev–Trinajstić information content (AvgIpc) is 3.86. The number of nitrogens with one attached hydrogen (secondary N) is 2. The second-order valence-electron chi connectivity index (χ2n) is 13.8. The number of rotatable bonds is 15. The SMILES string of the molecule is COc1cc(OC)cc(C(N)=O)c1.[2H]C([2H])(N)c1cc(OC)cc(OC)c1.[2H]C([2H])(Nc1nc(C)c(-c2nc3ccccc3s2)c(NC2C[C@H](CO)[C@@H](O)[C@H]2O)n1)c1cc(OC)cc(OC)c1. The monoisotopic (exact) mass is 889 g/mol. The third-order valence-corrected chi connectivity index (χ3v) is 10.8.